The molecule has 1 amide bonds. The molecule has 0 atom stereocenters. The lowest BCUT2D eigenvalue weighted by atomic mass is 10.2. The Balaban J connectivity index is 1.62. The second kappa shape index (κ2) is 6.52. The normalized spacial score (nSPS) is 11.0. The Morgan fingerprint density at radius 3 is 2.75 bits per heavy atom. The second-order valence-electron chi connectivity index (χ2n) is 5.69. The van der Waals surface area contributed by atoms with Crippen molar-refractivity contribution in [3.05, 3.63) is 39.8 Å². The molecule has 3 aromatic heterocycles. The lowest BCUT2D eigenvalue weighted by Gasteiger charge is -2.05. The van der Waals surface area contributed by atoms with Crippen LogP contribution < -0.4 is 5.32 Å². The van der Waals surface area contributed by atoms with E-state index in [9.17, 15) is 9.59 Å². The molecule has 0 saturated carbocycles. The van der Waals surface area contributed by atoms with Crippen LogP contribution in [0, 0.1) is 13.8 Å². The zero-order valence-electron chi connectivity index (χ0n) is 13.8. The van der Waals surface area contributed by atoms with Crippen LogP contribution in [-0.2, 0) is 11.8 Å². The Kier molecular flexibility index (Phi) is 4.44. The fourth-order valence-electron chi connectivity index (χ4n) is 2.53. The van der Waals surface area contributed by atoms with Gasteiger partial charge in [0.15, 0.2) is 11.4 Å². The fraction of sp³-hybridized carbons (Fsp3) is 0.294. The summed E-state index contributed by atoms with van der Waals surface area (Å²) in [6.45, 7) is 3.86. The molecule has 24 heavy (non-hydrogen) atoms. The molecule has 0 radical (unpaired) electrons. The summed E-state index contributed by atoms with van der Waals surface area (Å²) in [5, 5.41) is 8.00. The maximum absolute atomic E-state index is 12.1. The molecular weight excluding hydrogens is 324 g/mol. The monoisotopic (exact) mass is 342 g/mol. The second-order valence-corrected chi connectivity index (χ2v) is 6.97. The van der Waals surface area contributed by atoms with Gasteiger partial charge in [-0.3, -0.25) is 14.3 Å². The molecule has 3 rings (SSSR count). The smallest absolute Gasteiger partial charge is 0.224 e. The molecule has 0 saturated heterocycles. The number of hydrogen-bond acceptors (Lipinski definition) is 5. The van der Waals surface area contributed by atoms with E-state index in [4.69, 9.17) is 0 Å². The van der Waals surface area contributed by atoms with Gasteiger partial charge in [-0.05, 0) is 32.0 Å². The number of aryl methyl sites for hydroxylation is 3. The zero-order chi connectivity index (χ0) is 17.3. The zero-order valence-corrected chi connectivity index (χ0v) is 14.6. The Labute approximate surface area is 143 Å². The fourth-order valence-corrected chi connectivity index (χ4v) is 3.37. The van der Waals surface area contributed by atoms with E-state index in [2.05, 4.69) is 15.4 Å². The van der Waals surface area contributed by atoms with Crippen LogP contribution >= 0.6 is 11.3 Å². The van der Waals surface area contributed by atoms with Crippen LogP contribution in [0.1, 0.15) is 33.1 Å². The minimum Gasteiger partial charge on any atom is -0.325 e. The number of anilines is 1. The standard InChI is InChI=1S/C17H18N4O2S/c1-10-4-6-15(24-10)14(22)5-7-16(23)19-12-8-13-11(2)20-21(3)17(13)18-9-12/h4,6,8-9H,5,7H2,1-3H3,(H,19,23). The predicted molar refractivity (Wildman–Crippen MR) is 94.5 cm³/mol. The van der Waals surface area contributed by atoms with Gasteiger partial charge >= 0.3 is 0 Å². The molecule has 0 aliphatic rings. The van der Waals surface area contributed by atoms with Gasteiger partial charge in [0, 0.05) is 30.2 Å². The van der Waals surface area contributed by atoms with Gasteiger partial charge in [-0.1, -0.05) is 0 Å². The lowest BCUT2D eigenvalue weighted by Crippen LogP contribution is -2.13. The third-order valence-electron chi connectivity index (χ3n) is 3.74. The quantitative estimate of drug-likeness (QED) is 0.722. The molecule has 3 heterocycles. The Morgan fingerprint density at radius 1 is 1.25 bits per heavy atom. The summed E-state index contributed by atoms with van der Waals surface area (Å²) in [6, 6.07) is 5.57. The maximum atomic E-state index is 12.1. The summed E-state index contributed by atoms with van der Waals surface area (Å²) in [5.74, 6) is -0.195. The average Bonchev–Trinajstić information content (AvgIpc) is 3.09. The number of fused-ring (bicyclic) bond motifs is 1. The first-order valence-corrected chi connectivity index (χ1v) is 8.44. The van der Waals surface area contributed by atoms with Crippen molar-refractivity contribution in [1.82, 2.24) is 14.8 Å². The minimum atomic E-state index is -0.195. The molecule has 0 spiro atoms. The molecule has 0 unspecified atom stereocenters. The SMILES string of the molecule is Cc1ccc(C(=O)CCC(=O)Nc2cnc3c(c2)c(C)nn3C)s1. The number of Topliss-reactive ketones (excluding diaryl/α,β-unsaturated/α-hetero) is 1. The summed E-state index contributed by atoms with van der Waals surface area (Å²) < 4.78 is 1.71. The molecule has 0 aliphatic heterocycles. The largest absolute Gasteiger partial charge is 0.325 e. The van der Waals surface area contributed by atoms with E-state index in [-0.39, 0.29) is 24.5 Å². The van der Waals surface area contributed by atoms with Gasteiger partial charge in [-0.25, -0.2) is 4.98 Å². The van der Waals surface area contributed by atoms with Gasteiger partial charge in [0.25, 0.3) is 0 Å². The molecule has 7 heteroatoms. The van der Waals surface area contributed by atoms with Gasteiger partial charge in [0.05, 0.1) is 22.5 Å². The minimum absolute atomic E-state index is 0.0000640. The van der Waals surface area contributed by atoms with Crippen molar-refractivity contribution < 1.29 is 9.59 Å². The number of ketones is 1. The van der Waals surface area contributed by atoms with Crippen LogP contribution in [0.25, 0.3) is 11.0 Å². The number of nitrogens with one attached hydrogen (secondary N) is 1. The highest BCUT2D eigenvalue weighted by Crippen LogP contribution is 2.20. The average molecular weight is 342 g/mol. The number of carbonyl (C=O) groups excluding carboxylic acids is 2. The van der Waals surface area contributed by atoms with E-state index in [1.54, 1.807) is 10.9 Å². The number of rotatable bonds is 5. The number of aromatic nitrogens is 3. The van der Waals surface area contributed by atoms with Crippen molar-refractivity contribution in [2.75, 3.05) is 5.32 Å². The molecule has 124 valence electrons. The van der Waals surface area contributed by atoms with Crippen LogP contribution in [0.4, 0.5) is 5.69 Å². The summed E-state index contributed by atoms with van der Waals surface area (Å²) in [4.78, 5) is 30.2. The molecular formula is C17H18N4O2S. The topological polar surface area (TPSA) is 76.9 Å². The maximum Gasteiger partial charge on any atom is 0.224 e. The molecule has 0 aromatic carbocycles. The van der Waals surface area contributed by atoms with Gasteiger partial charge in [0.1, 0.15) is 0 Å². The van der Waals surface area contributed by atoms with Crippen molar-refractivity contribution in [2.24, 2.45) is 7.05 Å². The first-order valence-electron chi connectivity index (χ1n) is 7.63. The summed E-state index contributed by atoms with van der Waals surface area (Å²) in [5.41, 5.74) is 2.25. The number of nitrogens with zero attached hydrogens (tertiary/aromatic N) is 3. The number of amides is 1. The number of carbonyl (C=O) groups is 2. The van der Waals surface area contributed by atoms with E-state index in [0.29, 0.717) is 10.6 Å². The molecule has 6 nitrogen and oxygen atoms in total. The number of pyridine rings is 1. The van der Waals surface area contributed by atoms with Crippen molar-refractivity contribution in [3.63, 3.8) is 0 Å². The van der Waals surface area contributed by atoms with Crippen LogP contribution in [-0.4, -0.2) is 26.5 Å². The third kappa shape index (κ3) is 3.35. The predicted octanol–water partition coefficient (Wildman–Crippen LogP) is 3.25. The van der Waals surface area contributed by atoms with E-state index >= 15 is 0 Å². The first kappa shape index (κ1) is 16.3. The van der Waals surface area contributed by atoms with Crippen LogP contribution in [0.2, 0.25) is 0 Å². The molecule has 0 fully saturated rings. The number of hydrogen-bond donors (Lipinski definition) is 1. The Bertz CT molecular complexity index is 926. The van der Waals surface area contributed by atoms with Crippen LogP contribution in [0.5, 0.6) is 0 Å². The summed E-state index contributed by atoms with van der Waals surface area (Å²) in [6.07, 6.45) is 1.96. The van der Waals surface area contributed by atoms with E-state index < -0.39 is 0 Å². The van der Waals surface area contributed by atoms with Crippen molar-refractivity contribution in [3.8, 4) is 0 Å². The number of thiophene rings is 1. The molecule has 3 aromatic rings. The van der Waals surface area contributed by atoms with Crippen molar-refractivity contribution in [1.29, 1.82) is 0 Å². The van der Waals surface area contributed by atoms with Gasteiger partial charge < -0.3 is 5.32 Å². The summed E-state index contributed by atoms with van der Waals surface area (Å²) in [7, 11) is 1.83. The highest BCUT2D eigenvalue weighted by atomic mass is 32.1. The third-order valence-corrected chi connectivity index (χ3v) is 4.78. The highest BCUT2D eigenvalue weighted by Gasteiger charge is 2.12. The summed E-state index contributed by atoms with van der Waals surface area (Å²) >= 11 is 1.46. The van der Waals surface area contributed by atoms with E-state index in [1.165, 1.54) is 11.3 Å². The van der Waals surface area contributed by atoms with Gasteiger partial charge in [0.2, 0.25) is 5.91 Å². The van der Waals surface area contributed by atoms with E-state index in [1.807, 2.05) is 39.1 Å². The lowest BCUT2D eigenvalue weighted by molar-refractivity contribution is -0.116. The molecule has 0 bridgehead atoms. The van der Waals surface area contributed by atoms with Crippen molar-refractivity contribution in [2.45, 2.75) is 26.7 Å². The van der Waals surface area contributed by atoms with Crippen LogP contribution in [0.15, 0.2) is 24.4 Å². The van der Waals surface area contributed by atoms with Crippen LogP contribution in [0.3, 0.4) is 0 Å². The van der Waals surface area contributed by atoms with Crippen molar-refractivity contribution >= 4 is 39.7 Å². The highest BCUT2D eigenvalue weighted by molar-refractivity contribution is 7.14. The Hall–Kier alpha value is -2.54. The first-order chi connectivity index (χ1) is 11.4. The van der Waals surface area contributed by atoms with E-state index in [0.717, 1.165) is 21.6 Å². The Morgan fingerprint density at radius 2 is 2.04 bits per heavy atom. The molecule has 0 aliphatic carbocycles. The van der Waals surface area contributed by atoms with Gasteiger partial charge in [-0.2, -0.15) is 5.10 Å². The van der Waals surface area contributed by atoms with Gasteiger partial charge in [-0.15, -0.1) is 11.3 Å². The molecule has 1 N–H and O–H groups in total.